The third-order valence-electron chi connectivity index (χ3n) is 1.63. The van der Waals surface area contributed by atoms with Crippen molar-refractivity contribution in [1.82, 2.24) is 5.16 Å². The molecule has 0 aromatic carbocycles. The van der Waals surface area contributed by atoms with Crippen molar-refractivity contribution in [3.05, 3.63) is 10.6 Å². The average molecular weight is 136 g/mol. The Morgan fingerprint density at radius 1 is 1.40 bits per heavy atom. The first-order valence-electron chi connectivity index (χ1n) is 3.29. The van der Waals surface area contributed by atoms with Crippen LogP contribution < -0.4 is 16.4 Å². The molecule has 1 aliphatic carbocycles. The fraction of sp³-hybridized carbons (Fsp3) is 0.286. The van der Waals surface area contributed by atoms with Crippen molar-refractivity contribution >= 4 is 18.0 Å². The van der Waals surface area contributed by atoms with Gasteiger partial charge in [0.05, 0.1) is 5.22 Å². The Hall–Kier alpha value is -1.25. The van der Waals surface area contributed by atoms with Crippen molar-refractivity contribution in [1.29, 1.82) is 0 Å². The lowest BCUT2D eigenvalue weighted by Crippen LogP contribution is -2.24. The van der Waals surface area contributed by atoms with E-state index in [0.717, 1.165) is 23.5 Å². The first-order valence-corrected chi connectivity index (χ1v) is 3.29. The number of hydrogen-bond donors (Lipinski definition) is 1. The molecule has 3 heteroatoms. The van der Waals surface area contributed by atoms with Gasteiger partial charge in [0.1, 0.15) is 0 Å². The molecule has 0 atom stereocenters. The number of nitrogens with zero attached hydrogens (tertiary/aromatic N) is 1. The van der Waals surface area contributed by atoms with E-state index in [-0.39, 0.29) is 0 Å². The third-order valence-corrected chi connectivity index (χ3v) is 1.63. The first-order chi connectivity index (χ1) is 4.88. The highest BCUT2D eigenvalue weighted by molar-refractivity contribution is 5.43. The van der Waals surface area contributed by atoms with Gasteiger partial charge in [0.2, 0.25) is 0 Å². The summed E-state index contributed by atoms with van der Waals surface area (Å²) in [6.07, 6.45) is 6.14. The zero-order valence-electron chi connectivity index (χ0n) is 5.50. The van der Waals surface area contributed by atoms with Gasteiger partial charge in [-0.3, -0.25) is 0 Å². The van der Waals surface area contributed by atoms with Crippen LogP contribution in [0.2, 0.25) is 0 Å². The van der Waals surface area contributed by atoms with Gasteiger partial charge in [0, 0.05) is 0 Å². The van der Waals surface area contributed by atoms with Gasteiger partial charge in [-0.1, -0.05) is 11.2 Å². The zero-order valence-corrected chi connectivity index (χ0v) is 5.50. The minimum Gasteiger partial charge on any atom is -0.380 e. The number of nitrogen functional groups attached to an aromatic ring is 1. The van der Waals surface area contributed by atoms with Crippen molar-refractivity contribution in [3.8, 4) is 0 Å². The molecule has 10 heavy (non-hydrogen) atoms. The summed E-state index contributed by atoms with van der Waals surface area (Å²) in [5, 5.41) is 4.60. The largest absolute Gasteiger partial charge is 0.380 e. The predicted molar refractivity (Wildman–Crippen MR) is 38.3 cm³/mol. The van der Waals surface area contributed by atoms with Gasteiger partial charge in [-0.15, -0.1) is 0 Å². The second-order valence-corrected chi connectivity index (χ2v) is 2.33. The highest BCUT2D eigenvalue weighted by Crippen LogP contribution is 1.96. The Kier molecular flexibility index (Phi) is 1.03. The van der Waals surface area contributed by atoms with Gasteiger partial charge in [-0.2, -0.15) is 0 Å². The maximum absolute atomic E-state index is 5.51. The number of hydrogen-bond acceptors (Lipinski definition) is 3. The smallest absolute Gasteiger partial charge is 0.174 e. The van der Waals surface area contributed by atoms with E-state index in [2.05, 4.69) is 11.2 Å². The Morgan fingerprint density at radius 2 is 2.20 bits per heavy atom. The van der Waals surface area contributed by atoms with E-state index in [1.165, 1.54) is 0 Å². The quantitative estimate of drug-likeness (QED) is 0.528. The Labute approximate surface area is 57.8 Å². The molecule has 1 heterocycles. The molecule has 1 aromatic rings. The van der Waals surface area contributed by atoms with Crippen LogP contribution in [0.5, 0.6) is 0 Å². The number of anilines is 1. The monoisotopic (exact) mass is 136 g/mol. The van der Waals surface area contributed by atoms with Gasteiger partial charge in [-0.05, 0) is 18.9 Å². The van der Waals surface area contributed by atoms with Gasteiger partial charge in [0.25, 0.3) is 0 Å². The minimum absolute atomic E-state index is 0.506. The van der Waals surface area contributed by atoms with Crippen LogP contribution in [0.1, 0.15) is 12.8 Å². The van der Waals surface area contributed by atoms with Crippen molar-refractivity contribution in [2.75, 3.05) is 5.73 Å². The summed E-state index contributed by atoms with van der Waals surface area (Å²) in [6, 6.07) is 0. The van der Waals surface area contributed by atoms with Gasteiger partial charge in [-0.25, -0.2) is 0 Å². The highest BCUT2D eigenvalue weighted by atomic mass is 16.5. The summed E-state index contributed by atoms with van der Waals surface area (Å²) in [6.45, 7) is 0. The topological polar surface area (TPSA) is 52.0 Å². The molecule has 0 spiro atoms. The van der Waals surface area contributed by atoms with Crippen LogP contribution in [0, 0.1) is 0 Å². The van der Waals surface area contributed by atoms with E-state index in [9.17, 15) is 0 Å². The summed E-state index contributed by atoms with van der Waals surface area (Å²) in [5.74, 6) is 0.506. The number of rotatable bonds is 0. The normalized spacial score (nSPS) is 15.2. The molecule has 0 radical (unpaired) electrons. The summed E-state index contributed by atoms with van der Waals surface area (Å²) in [4.78, 5) is 0. The van der Waals surface area contributed by atoms with Crippen LogP contribution in [0.15, 0.2) is 4.52 Å². The summed E-state index contributed by atoms with van der Waals surface area (Å²) in [7, 11) is 0. The molecular formula is C7H8N2O. The van der Waals surface area contributed by atoms with Crippen LogP contribution >= 0.6 is 0 Å². The van der Waals surface area contributed by atoms with E-state index >= 15 is 0 Å². The molecule has 0 unspecified atom stereocenters. The van der Waals surface area contributed by atoms with E-state index in [4.69, 9.17) is 10.3 Å². The van der Waals surface area contributed by atoms with Crippen molar-refractivity contribution < 1.29 is 4.52 Å². The van der Waals surface area contributed by atoms with E-state index in [1.54, 1.807) is 0 Å². The average Bonchev–Trinajstić information content (AvgIpc) is 2.34. The standard InChI is InChI=1S/C7H8N2O/c8-7-5-3-1-2-4-6(5)10-9-7/h3-4H,1-2H2,(H2,8,9). The van der Waals surface area contributed by atoms with Crippen LogP contribution in [-0.4, -0.2) is 5.16 Å². The van der Waals surface area contributed by atoms with Gasteiger partial charge >= 0.3 is 0 Å². The fourth-order valence-electron chi connectivity index (χ4n) is 1.12. The molecule has 0 fully saturated rings. The van der Waals surface area contributed by atoms with Gasteiger partial charge < -0.3 is 10.3 Å². The number of fused-ring (bicyclic) bond motifs is 1. The molecule has 0 saturated heterocycles. The van der Waals surface area contributed by atoms with E-state index in [1.807, 2.05) is 6.08 Å². The van der Waals surface area contributed by atoms with Crippen molar-refractivity contribution in [2.24, 2.45) is 0 Å². The van der Waals surface area contributed by atoms with Crippen molar-refractivity contribution in [2.45, 2.75) is 12.8 Å². The maximum atomic E-state index is 5.51. The van der Waals surface area contributed by atoms with Crippen molar-refractivity contribution in [3.63, 3.8) is 0 Å². The Morgan fingerprint density at radius 3 is 3.00 bits per heavy atom. The van der Waals surface area contributed by atoms with Crippen LogP contribution in [-0.2, 0) is 0 Å². The lowest BCUT2D eigenvalue weighted by molar-refractivity contribution is 0.395. The van der Waals surface area contributed by atoms with E-state index in [0.29, 0.717) is 5.82 Å². The first kappa shape index (κ1) is 5.53. The summed E-state index contributed by atoms with van der Waals surface area (Å²) < 4.78 is 4.92. The lowest BCUT2D eigenvalue weighted by Gasteiger charge is -1.89. The second-order valence-electron chi connectivity index (χ2n) is 2.33. The maximum Gasteiger partial charge on any atom is 0.174 e. The molecule has 0 amide bonds. The molecule has 52 valence electrons. The lowest BCUT2D eigenvalue weighted by atomic mass is 10.2. The Bertz CT molecular complexity index is 350. The van der Waals surface area contributed by atoms with E-state index < -0.39 is 0 Å². The molecule has 1 aliphatic rings. The zero-order chi connectivity index (χ0) is 6.97. The molecule has 3 nitrogen and oxygen atoms in total. The molecule has 2 N–H and O–H groups in total. The predicted octanol–water partition coefficient (Wildman–Crippen LogP) is -0.388. The SMILES string of the molecule is Nc1noc2c1=CCCC=2. The molecule has 2 rings (SSSR count). The molecule has 1 aromatic heterocycles. The molecule has 0 aliphatic heterocycles. The van der Waals surface area contributed by atoms with Crippen LogP contribution in [0.25, 0.3) is 12.2 Å². The minimum atomic E-state index is 0.506. The molecule has 0 saturated carbocycles. The number of nitrogens with two attached hydrogens (primary N) is 1. The second kappa shape index (κ2) is 1.87. The highest BCUT2D eigenvalue weighted by Gasteiger charge is 2.00. The van der Waals surface area contributed by atoms with Gasteiger partial charge in [0.15, 0.2) is 11.2 Å². The third kappa shape index (κ3) is 0.635. The summed E-state index contributed by atoms with van der Waals surface area (Å²) in [5.41, 5.74) is 6.33. The van der Waals surface area contributed by atoms with Crippen LogP contribution in [0.4, 0.5) is 5.82 Å². The number of aromatic nitrogens is 1. The summed E-state index contributed by atoms with van der Waals surface area (Å²) >= 11 is 0. The van der Waals surface area contributed by atoms with Crippen LogP contribution in [0.3, 0.4) is 0 Å². The Balaban J connectivity index is 2.89. The fourth-order valence-corrected chi connectivity index (χ4v) is 1.12. The molecular weight excluding hydrogens is 128 g/mol. The molecule has 0 bridgehead atoms.